The van der Waals surface area contributed by atoms with E-state index in [9.17, 15) is 14.7 Å². The molecule has 8 nitrogen and oxygen atoms in total. The van der Waals surface area contributed by atoms with Crippen LogP contribution in [0.25, 0.3) is 0 Å². The van der Waals surface area contributed by atoms with Crippen molar-refractivity contribution in [2.45, 2.75) is 52.7 Å². The molecule has 2 aromatic rings. The normalized spacial score (nSPS) is 12.7. The Balaban J connectivity index is 2.10. The topological polar surface area (TPSA) is 109 Å². The van der Waals surface area contributed by atoms with Gasteiger partial charge >= 0.3 is 0 Å². The Kier molecular flexibility index (Phi) is 11.8. The maximum atomic E-state index is 12.9. The highest BCUT2D eigenvalue weighted by Crippen LogP contribution is 2.32. The second-order valence-corrected chi connectivity index (χ2v) is 9.56. The van der Waals surface area contributed by atoms with E-state index in [2.05, 4.69) is 22.4 Å². The minimum atomic E-state index is -0.915. The molecule has 0 heterocycles. The van der Waals surface area contributed by atoms with Crippen LogP contribution in [0.15, 0.2) is 48.1 Å². The third-order valence-electron chi connectivity index (χ3n) is 5.14. The zero-order valence-corrected chi connectivity index (χ0v) is 22.9. The predicted molar refractivity (Wildman–Crippen MR) is 147 cm³/mol. The van der Waals surface area contributed by atoms with Crippen LogP contribution in [-0.2, 0) is 16.0 Å². The van der Waals surface area contributed by atoms with E-state index in [1.54, 1.807) is 37.3 Å². The summed E-state index contributed by atoms with van der Waals surface area (Å²) in [5, 5.41) is 17.8. The molecular formula is C27H33Cl2N3O5. The van der Waals surface area contributed by atoms with E-state index in [1.807, 2.05) is 20.8 Å². The van der Waals surface area contributed by atoms with Gasteiger partial charge in [0.1, 0.15) is 11.8 Å². The Morgan fingerprint density at radius 1 is 1.14 bits per heavy atom. The van der Waals surface area contributed by atoms with Crippen LogP contribution in [0.3, 0.4) is 0 Å². The van der Waals surface area contributed by atoms with Gasteiger partial charge in [0.2, 0.25) is 0 Å². The standard InChI is InChI=1S/C27H33Cl2N3O5/c1-6-8-19-12-18(13-24(25(19)33)36-7-2)15-30-32-27(35)22(11-16(3)4)31-26(34)17(5)37-23-10-9-20(28)14-21(23)29/h6,9-10,12-17,22,33H,1,7-8,11H2,2-5H3,(H,31,34)(H,32,35)/b30-15-/t17-,22-/m1/s1. The molecule has 0 saturated carbocycles. The molecule has 0 spiro atoms. The van der Waals surface area contributed by atoms with E-state index in [0.717, 1.165) is 0 Å². The number of hydrazone groups is 1. The quantitative estimate of drug-likeness (QED) is 0.179. The van der Waals surface area contributed by atoms with Crippen LogP contribution in [0.5, 0.6) is 17.2 Å². The Bertz CT molecular complexity index is 1140. The van der Waals surface area contributed by atoms with Gasteiger partial charge in [-0.1, -0.05) is 43.1 Å². The Labute approximate surface area is 227 Å². The molecule has 3 N–H and O–H groups in total. The summed E-state index contributed by atoms with van der Waals surface area (Å²) in [6, 6.07) is 7.20. The molecule has 0 aliphatic carbocycles. The van der Waals surface area contributed by atoms with Crippen LogP contribution in [0.1, 0.15) is 45.2 Å². The molecule has 2 aromatic carbocycles. The Morgan fingerprint density at radius 2 is 1.86 bits per heavy atom. The van der Waals surface area contributed by atoms with Crippen molar-refractivity contribution >= 4 is 41.2 Å². The molecule has 0 fully saturated rings. The van der Waals surface area contributed by atoms with Crippen LogP contribution >= 0.6 is 23.2 Å². The number of rotatable bonds is 13. The highest BCUT2D eigenvalue weighted by molar-refractivity contribution is 6.35. The maximum Gasteiger partial charge on any atom is 0.262 e. The first kappa shape index (κ1) is 30.0. The van der Waals surface area contributed by atoms with Crippen LogP contribution < -0.4 is 20.2 Å². The minimum Gasteiger partial charge on any atom is -0.504 e. The fourth-order valence-corrected chi connectivity index (χ4v) is 3.85. The van der Waals surface area contributed by atoms with E-state index >= 15 is 0 Å². The Hall–Kier alpha value is -3.23. The second-order valence-electron chi connectivity index (χ2n) is 8.71. The first-order chi connectivity index (χ1) is 17.5. The summed E-state index contributed by atoms with van der Waals surface area (Å²) in [7, 11) is 0. The molecule has 0 aromatic heterocycles. The average Bonchev–Trinajstić information content (AvgIpc) is 2.83. The molecule has 200 valence electrons. The molecule has 10 heteroatoms. The van der Waals surface area contributed by atoms with Crippen molar-refractivity contribution in [2.75, 3.05) is 6.61 Å². The molecule has 0 aliphatic rings. The molecule has 0 radical (unpaired) electrons. The van der Waals surface area contributed by atoms with E-state index in [4.69, 9.17) is 32.7 Å². The van der Waals surface area contributed by atoms with Crippen LogP contribution in [0.4, 0.5) is 0 Å². The number of benzene rings is 2. The number of carbonyl (C=O) groups is 2. The molecule has 37 heavy (non-hydrogen) atoms. The molecule has 0 unspecified atom stereocenters. The molecule has 2 atom stereocenters. The molecule has 2 amide bonds. The highest BCUT2D eigenvalue weighted by Gasteiger charge is 2.25. The van der Waals surface area contributed by atoms with Crippen LogP contribution in [-0.4, -0.2) is 41.9 Å². The van der Waals surface area contributed by atoms with Crippen LogP contribution in [0.2, 0.25) is 10.0 Å². The summed E-state index contributed by atoms with van der Waals surface area (Å²) in [6.07, 6.45) is 3.01. The number of ether oxygens (including phenoxy) is 2. The van der Waals surface area contributed by atoms with Gasteiger partial charge < -0.3 is 19.9 Å². The summed E-state index contributed by atoms with van der Waals surface area (Å²) in [4.78, 5) is 25.7. The van der Waals surface area contributed by atoms with Gasteiger partial charge in [-0.3, -0.25) is 9.59 Å². The van der Waals surface area contributed by atoms with E-state index in [0.29, 0.717) is 47.1 Å². The fraction of sp³-hybridized carbons (Fsp3) is 0.370. The van der Waals surface area contributed by atoms with Gasteiger partial charge in [-0.15, -0.1) is 6.58 Å². The van der Waals surface area contributed by atoms with Gasteiger partial charge in [-0.25, -0.2) is 5.43 Å². The third kappa shape index (κ3) is 9.30. The first-order valence-electron chi connectivity index (χ1n) is 11.9. The lowest BCUT2D eigenvalue weighted by molar-refractivity contribution is -0.132. The highest BCUT2D eigenvalue weighted by atomic mass is 35.5. The summed E-state index contributed by atoms with van der Waals surface area (Å²) < 4.78 is 11.1. The molecule has 0 aliphatic heterocycles. The molecule has 0 bridgehead atoms. The van der Waals surface area contributed by atoms with Gasteiger partial charge in [-0.05, 0) is 68.5 Å². The van der Waals surface area contributed by atoms with Crippen molar-refractivity contribution in [1.29, 1.82) is 0 Å². The Morgan fingerprint density at radius 3 is 2.49 bits per heavy atom. The number of nitrogens with zero attached hydrogens (tertiary/aromatic N) is 1. The summed E-state index contributed by atoms with van der Waals surface area (Å²) in [5.74, 6) is -0.184. The number of halogens is 2. The van der Waals surface area contributed by atoms with Crippen molar-refractivity contribution in [3.05, 3.63) is 64.2 Å². The van der Waals surface area contributed by atoms with Crippen molar-refractivity contribution < 1.29 is 24.2 Å². The second kappa shape index (κ2) is 14.5. The number of allylic oxidation sites excluding steroid dienone is 1. The van der Waals surface area contributed by atoms with Gasteiger partial charge in [0.25, 0.3) is 11.8 Å². The SMILES string of the molecule is C=CCc1cc(/C=N\NC(=O)[C@@H](CC(C)C)NC(=O)[C@@H](C)Oc2ccc(Cl)cc2Cl)cc(OCC)c1O. The van der Waals surface area contributed by atoms with E-state index in [1.165, 1.54) is 12.3 Å². The van der Waals surface area contributed by atoms with Gasteiger partial charge in [0.05, 0.1) is 17.8 Å². The third-order valence-corrected chi connectivity index (χ3v) is 5.67. The van der Waals surface area contributed by atoms with E-state index in [-0.39, 0.29) is 16.7 Å². The van der Waals surface area contributed by atoms with Crippen molar-refractivity contribution in [1.82, 2.24) is 10.7 Å². The summed E-state index contributed by atoms with van der Waals surface area (Å²) >= 11 is 12.0. The smallest absolute Gasteiger partial charge is 0.262 e. The number of aromatic hydroxyl groups is 1. The maximum absolute atomic E-state index is 12.9. The minimum absolute atomic E-state index is 0.0406. The lowest BCUT2D eigenvalue weighted by atomic mass is 10.0. The number of nitrogens with one attached hydrogen (secondary N) is 2. The van der Waals surface area contributed by atoms with Crippen molar-refractivity contribution in [3.63, 3.8) is 0 Å². The lowest BCUT2D eigenvalue weighted by Crippen LogP contribution is -2.49. The van der Waals surface area contributed by atoms with Crippen LogP contribution in [0, 0.1) is 5.92 Å². The van der Waals surface area contributed by atoms with Gasteiger partial charge in [0, 0.05) is 10.6 Å². The number of carbonyl (C=O) groups excluding carboxylic acids is 2. The summed E-state index contributed by atoms with van der Waals surface area (Å²) in [6.45, 7) is 11.3. The fourth-order valence-electron chi connectivity index (χ4n) is 3.40. The number of phenolic OH excluding ortho intramolecular Hbond substituents is 1. The number of amides is 2. The zero-order valence-electron chi connectivity index (χ0n) is 21.4. The first-order valence-corrected chi connectivity index (χ1v) is 12.7. The van der Waals surface area contributed by atoms with Gasteiger partial charge in [-0.2, -0.15) is 5.10 Å². The van der Waals surface area contributed by atoms with E-state index < -0.39 is 24.0 Å². The van der Waals surface area contributed by atoms with Gasteiger partial charge in [0.15, 0.2) is 17.6 Å². The number of hydrogen-bond acceptors (Lipinski definition) is 6. The molecular weight excluding hydrogens is 517 g/mol. The monoisotopic (exact) mass is 549 g/mol. The largest absolute Gasteiger partial charge is 0.504 e. The number of phenols is 1. The predicted octanol–water partition coefficient (Wildman–Crippen LogP) is 5.27. The lowest BCUT2D eigenvalue weighted by Gasteiger charge is -2.22. The summed E-state index contributed by atoms with van der Waals surface area (Å²) in [5.41, 5.74) is 3.71. The molecule has 2 rings (SSSR count). The zero-order chi connectivity index (χ0) is 27.5. The average molecular weight is 550 g/mol. The number of hydrogen-bond donors (Lipinski definition) is 3. The van der Waals surface area contributed by atoms with Crippen molar-refractivity contribution in [3.8, 4) is 17.2 Å². The molecule has 0 saturated heterocycles. The van der Waals surface area contributed by atoms with Crippen molar-refractivity contribution in [2.24, 2.45) is 11.0 Å².